The Labute approximate surface area is 95.8 Å². The van der Waals surface area contributed by atoms with Gasteiger partial charge in [-0.05, 0) is 19.4 Å². The van der Waals surface area contributed by atoms with E-state index in [1.807, 2.05) is 6.92 Å². The van der Waals surface area contributed by atoms with Crippen LogP contribution in [-0.2, 0) is 9.59 Å². The molecule has 1 fully saturated rings. The van der Waals surface area contributed by atoms with E-state index >= 15 is 0 Å². The number of hydrogen-bond donors (Lipinski definition) is 2. The first-order chi connectivity index (χ1) is 7.63. The standard InChI is InChI=1S/C11H20N2O3/c1-2-13(7-5-11(15)16)9-4-3-6-12-10(14)8-9/h9H,2-8H2,1H3,(H,12,14)(H,15,16). The molecule has 1 rings (SSSR count). The molecule has 0 radical (unpaired) electrons. The number of carbonyl (C=O) groups excluding carboxylic acids is 1. The van der Waals surface area contributed by atoms with E-state index in [1.165, 1.54) is 0 Å². The van der Waals surface area contributed by atoms with Crippen molar-refractivity contribution in [3.8, 4) is 0 Å². The molecule has 2 N–H and O–H groups in total. The monoisotopic (exact) mass is 228 g/mol. The molecule has 92 valence electrons. The molecular formula is C11H20N2O3. The molecule has 5 nitrogen and oxygen atoms in total. The van der Waals surface area contributed by atoms with Gasteiger partial charge in [-0.2, -0.15) is 0 Å². The molecule has 16 heavy (non-hydrogen) atoms. The van der Waals surface area contributed by atoms with Crippen molar-refractivity contribution in [2.45, 2.75) is 38.6 Å². The highest BCUT2D eigenvalue weighted by Gasteiger charge is 2.22. The molecule has 1 amide bonds. The molecule has 0 aliphatic carbocycles. The largest absolute Gasteiger partial charge is 0.481 e. The van der Waals surface area contributed by atoms with Crippen LogP contribution in [-0.4, -0.2) is 47.6 Å². The maximum atomic E-state index is 11.4. The second-order valence-electron chi connectivity index (χ2n) is 4.12. The van der Waals surface area contributed by atoms with Crippen LogP contribution in [0.4, 0.5) is 0 Å². The van der Waals surface area contributed by atoms with Gasteiger partial charge in [0.1, 0.15) is 0 Å². The van der Waals surface area contributed by atoms with E-state index in [1.54, 1.807) is 0 Å². The maximum Gasteiger partial charge on any atom is 0.304 e. The van der Waals surface area contributed by atoms with Gasteiger partial charge in [0, 0.05) is 25.6 Å². The Bertz CT molecular complexity index is 256. The fraction of sp³-hybridized carbons (Fsp3) is 0.818. The highest BCUT2D eigenvalue weighted by molar-refractivity contribution is 5.76. The van der Waals surface area contributed by atoms with Crippen molar-refractivity contribution in [3.63, 3.8) is 0 Å². The van der Waals surface area contributed by atoms with Gasteiger partial charge in [-0.25, -0.2) is 0 Å². The lowest BCUT2D eigenvalue weighted by molar-refractivity contribution is -0.137. The van der Waals surface area contributed by atoms with Crippen LogP contribution < -0.4 is 5.32 Å². The number of rotatable bonds is 5. The topological polar surface area (TPSA) is 69.6 Å². The number of carboxylic acid groups (broad SMARTS) is 1. The third-order valence-electron chi connectivity index (χ3n) is 2.99. The predicted molar refractivity (Wildman–Crippen MR) is 60.1 cm³/mol. The van der Waals surface area contributed by atoms with Crippen molar-refractivity contribution in [3.05, 3.63) is 0 Å². The predicted octanol–water partition coefficient (Wildman–Crippen LogP) is 0.452. The Balaban J connectivity index is 2.49. The molecule has 1 unspecified atom stereocenters. The Morgan fingerprint density at radius 1 is 1.62 bits per heavy atom. The summed E-state index contributed by atoms with van der Waals surface area (Å²) in [5.74, 6) is -0.701. The SMILES string of the molecule is CCN(CCC(=O)O)C1CCCNC(=O)C1. The zero-order valence-electron chi connectivity index (χ0n) is 9.74. The normalized spacial score (nSPS) is 21.6. The zero-order chi connectivity index (χ0) is 12.0. The molecule has 0 aromatic carbocycles. The molecule has 0 saturated carbocycles. The van der Waals surface area contributed by atoms with Crippen LogP contribution in [0.25, 0.3) is 0 Å². The minimum atomic E-state index is -0.781. The Kier molecular flexibility index (Phi) is 5.25. The second-order valence-corrected chi connectivity index (χ2v) is 4.12. The number of carboxylic acids is 1. The molecular weight excluding hydrogens is 208 g/mol. The van der Waals surface area contributed by atoms with Crippen molar-refractivity contribution in [1.29, 1.82) is 0 Å². The Hall–Kier alpha value is -1.10. The average molecular weight is 228 g/mol. The first-order valence-corrected chi connectivity index (χ1v) is 5.86. The molecule has 0 spiro atoms. The lowest BCUT2D eigenvalue weighted by Gasteiger charge is -2.28. The molecule has 1 aliphatic rings. The number of hydrogen-bond acceptors (Lipinski definition) is 3. The molecule has 1 heterocycles. The summed E-state index contributed by atoms with van der Waals surface area (Å²) in [6, 6.07) is 0.201. The molecule has 0 bridgehead atoms. The summed E-state index contributed by atoms with van der Waals surface area (Å²) in [6.45, 7) is 4.07. The lowest BCUT2D eigenvalue weighted by atomic mass is 10.1. The van der Waals surface area contributed by atoms with E-state index in [0.717, 1.165) is 25.9 Å². The number of carbonyl (C=O) groups is 2. The smallest absolute Gasteiger partial charge is 0.304 e. The van der Waals surface area contributed by atoms with E-state index < -0.39 is 5.97 Å². The molecule has 5 heteroatoms. The van der Waals surface area contributed by atoms with Gasteiger partial charge >= 0.3 is 5.97 Å². The summed E-state index contributed by atoms with van der Waals surface area (Å²) in [5.41, 5.74) is 0. The van der Waals surface area contributed by atoms with Crippen LogP contribution in [0, 0.1) is 0 Å². The Morgan fingerprint density at radius 3 is 3.00 bits per heavy atom. The summed E-state index contributed by atoms with van der Waals surface area (Å²) in [7, 11) is 0. The number of nitrogens with one attached hydrogen (secondary N) is 1. The van der Waals surface area contributed by atoms with Crippen molar-refractivity contribution < 1.29 is 14.7 Å². The van der Waals surface area contributed by atoms with Crippen LogP contribution in [0.3, 0.4) is 0 Å². The molecule has 1 aliphatic heterocycles. The first-order valence-electron chi connectivity index (χ1n) is 5.86. The number of amides is 1. The highest BCUT2D eigenvalue weighted by atomic mass is 16.4. The van der Waals surface area contributed by atoms with Crippen LogP contribution in [0.1, 0.15) is 32.6 Å². The van der Waals surface area contributed by atoms with Gasteiger partial charge in [0.25, 0.3) is 0 Å². The highest BCUT2D eigenvalue weighted by Crippen LogP contribution is 2.14. The van der Waals surface area contributed by atoms with E-state index in [-0.39, 0.29) is 18.4 Å². The van der Waals surface area contributed by atoms with Crippen molar-refractivity contribution in [2.75, 3.05) is 19.6 Å². The van der Waals surface area contributed by atoms with Gasteiger partial charge in [-0.15, -0.1) is 0 Å². The fourth-order valence-corrected chi connectivity index (χ4v) is 2.10. The number of nitrogens with zero attached hydrogens (tertiary/aromatic N) is 1. The quantitative estimate of drug-likeness (QED) is 0.717. The van der Waals surface area contributed by atoms with Gasteiger partial charge in [0.15, 0.2) is 0 Å². The first kappa shape index (κ1) is 13.0. The summed E-state index contributed by atoms with van der Waals surface area (Å²) in [4.78, 5) is 24.0. The lowest BCUT2D eigenvalue weighted by Crippen LogP contribution is -2.38. The van der Waals surface area contributed by atoms with Gasteiger partial charge in [0.2, 0.25) is 5.91 Å². The zero-order valence-corrected chi connectivity index (χ0v) is 9.74. The summed E-state index contributed by atoms with van der Waals surface area (Å²) in [6.07, 6.45) is 2.57. The van der Waals surface area contributed by atoms with Crippen LogP contribution in [0.2, 0.25) is 0 Å². The van der Waals surface area contributed by atoms with Gasteiger partial charge in [-0.1, -0.05) is 6.92 Å². The summed E-state index contributed by atoms with van der Waals surface area (Å²) in [5, 5.41) is 11.5. The Morgan fingerprint density at radius 2 is 2.38 bits per heavy atom. The van der Waals surface area contributed by atoms with E-state index in [4.69, 9.17) is 5.11 Å². The number of aliphatic carboxylic acids is 1. The third-order valence-corrected chi connectivity index (χ3v) is 2.99. The maximum absolute atomic E-state index is 11.4. The van der Waals surface area contributed by atoms with Crippen LogP contribution in [0.5, 0.6) is 0 Å². The van der Waals surface area contributed by atoms with E-state index in [2.05, 4.69) is 10.2 Å². The van der Waals surface area contributed by atoms with Gasteiger partial charge < -0.3 is 10.4 Å². The second kappa shape index (κ2) is 6.48. The van der Waals surface area contributed by atoms with E-state index in [0.29, 0.717) is 13.0 Å². The summed E-state index contributed by atoms with van der Waals surface area (Å²) >= 11 is 0. The molecule has 1 saturated heterocycles. The van der Waals surface area contributed by atoms with Crippen LogP contribution in [0.15, 0.2) is 0 Å². The summed E-state index contributed by atoms with van der Waals surface area (Å²) < 4.78 is 0. The molecule has 0 aromatic heterocycles. The minimum Gasteiger partial charge on any atom is -0.481 e. The van der Waals surface area contributed by atoms with Gasteiger partial charge in [0.05, 0.1) is 6.42 Å². The molecule has 0 aromatic rings. The average Bonchev–Trinajstić information content (AvgIpc) is 2.44. The third kappa shape index (κ3) is 4.18. The molecule has 1 atom stereocenters. The van der Waals surface area contributed by atoms with Crippen LogP contribution >= 0.6 is 0 Å². The van der Waals surface area contributed by atoms with Crippen molar-refractivity contribution in [1.82, 2.24) is 10.2 Å². The van der Waals surface area contributed by atoms with Crippen molar-refractivity contribution in [2.24, 2.45) is 0 Å². The van der Waals surface area contributed by atoms with Crippen molar-refractivity contribution >= 4 is 11.9 Å². The van der Waals surface area contributed by atoms with Gasteiger partial charge in [-0.3, -0.25) is 14.5 Å². The van der Waals surface area contributed by atoms with E-state index in [9.17, 15) is 9.59 Å². The minimum absolute atomic E-state index is 0.0799. The fourth-order valence-electron chi connectivity index (χ4n) is 2.10.